The number of epoxide rings is 1. The Morgan fingerprint density at radius 2 is 2.25 bits per heavy atom. The van der Waals surface area contributed by atoms with Gasteiger partial charge in [0.05, 0.1) is 6.61 Å². The number of benzene rings is 1. The fraction of sp³-hybridized carbons (Fsp3) is 0.333. The van der Waals surface area contributed by atoms with Crippen LogP contribution in [0.15, 0.2) is 18.2 Å². The van der Waals surface area contributed by atoms with Crippen LogP contribution < -0.4 is 0 Å². The predicted octanol–water partition coefficient (Wildman–Crippen LogP) is 2.72. The van der Waals surface area contributed by atoms with Crippen LogP contribution in [-0.4, -0.2) is 6.61 Å². The molecule has 0 aliphatic carbocycles. The summed E-state index contributed by atoms with van der Waals surface area (Å²) in [5, 5.41) is 0.440. The van der Waals surface area contributed by atoms with E-state index in [1.807, 2.05) is 6.92 Å². The molecule has 12 heavy (non-hydrogen) atoms. The fourth-order valence-corrected chi connectivity index (χ4v) is 1.55. The van der Waals surface area contributed by atoms with Crippen LogP contribution in [0.2, 0.25) is 5.02 Å². The van der Waals surface area contributed by atoms with E-state index in [2.05, 4.69) is 0 Å². The summed E-state index contributed by atoms with van der Waals surface area (Å²) < 4.78 is 17.8. The van der Waals surface area contributed by atoms with E-state index in [0.717, 1.165) is 5.56 Å². The number of hydrogen-bond donors (Lipinski definition) is 0. The SMILES string of the molecule is CC1(c2ccc(F)cc2Cl)CO1. The summed E-state index contributed by atoms with van der Waals surface area (Å²) in [4.78, 5) is 0. The van der Waals surface area contributed by atoms with Crippen LogP contribution in [0, 0.1) is 5.82 Å². The molecule has 0 bridgehead atoms. The number of hydrogen-bond acceptors (Lipinski definition) is 1. The average Bonchev–Trinajstić information content (AvgIpc) is 2.68. The van der Waals surface area contributed by atoms with Crippen LogP contribution in [0.5, 0.6) is 0 Å². The monoisotopic (exact) mass is 186 g/mol. The van der Waals surface area contributed by atoms with Crippen molar-refractivity contribution in [3.8, 4) is 0 Å². The van der Waals surface area contributed by atoms with Gasteiger partial charge in [-0.2, -0.15) is 0 Å². The second-order valence-electron chi connectivity index (χ2n) is 3.14. The van der Waals surface area contributed by atoms with Crippen molar-refractivity contribution in [2.45, 2.75) is 12.5 Å². The molecule has 3 heteroatoms. The first-order valence-corrected chi connectivity index (χ1v) is 4.09. The lowest BCUT2D eigenvalue weighted by atomic mass is 10.0. The summed E-state index contributed by atoms with van der Waals surface area (Å²) in [5.74, 6) is -0.312. The van der Waals surface area contributed by atoms with Crippen molar-refractivity contribution < 1.29 is 9.13 Å². The van der Waals surface area contributed by atoms with Crippen molar-refractivity contribution in [3.63, 3.8) is 0 Å². The van der Waals surface area contributed by atoms with E-state index in [0.29, 0.717) is 11.6 Å². The van der Waals surface area contributed by atoms with Gasteiger partial charge in [-0.05, 0) is 19.1 Å². The Labute approximate surface area is 75.1 Å². The lowest BCUT2D eigenvalue weighted by Crippen LogP contribution is -2.02. The van der Waals surface area contributed by atoms with Crippen molar-refractivity contribution in [3.05, 3.63) is 34.6 Å². The third-order valence-corrected chi connectivity index (χ3v) is 2.39. The highest BCUT2D eigenvalue weighted by molar-refractivity contribution is 6.31. The lowest BCUT2D eigenvalue weighted by Gasteiger charge is -2.07. The molecule has 1 aromatic carbocycles. The molecule has 0 aromatic heterocycles. The maximum absolute atomic E-state index is 12.6. The second kappa shape index (κ2) is 2.44. The molecule has 0 saturated carbocycles. The molecule has 0 amide bonds. The highest BCUT2D eigenvalue weighted by Crippen LogP contribution is 2.41. The first-order valence-electron chi connectivity index (χ1n) is 3.71. The largest absolute Gasteiger partial charge is 0.365 e. The zero-order valence-electron chi connectivity index (χ0n) is 6.60. The maximum atomic E-state index is 12.6. The van der Waals surface area contributed by atoms with Crippen molar-refractivity contribution in [1.29, 1.82) is 0 Å². The number of ether oxygens (including phenoxy) is 1. The van der Waals surface area contributed by atoms with Crippen molar-refractivity contribution in [2.24, 2.45) is 0 Å². The normalized spacial score (nSPS) is 27.2. The van der Waals surface area contributed by atoms with Gasteiger partial charge in [-0.3, -0.25) is 0 Å². The van der Waals surface area contributed by atoms with Crippen LogP contribution in [0.1, 0.15) is 12.5 Å². The zero-order valence-corrected chi connectivity index (χ0v) is 7.36. The van der Waals surface area contributed by atoms with Gasteiger partial charge in [0.2, 0.25) is 0 Å². The zero-order chi connectivity index (χ0) is 8.77. The van der Waals surface area contributed by atoms with Gasteiger partial charge >= 0.3 is 0 Å². The quantitative estimate of drug-likeness (QED) is 0.615. The Bertz CT molecular complexity index is 320. The van der Waals surface area contributed by atoms with Gasteiger partial charge in [0, 0.05) is 10.6 Å². The molecule has 1 aliphatic rings. The van der Waals surface area contributed by atoms with Gasteiger partial charge in [-0.15, -0.1) is 0 Å². The van der Waals surface area contributed by atoms with E-state index in [4.69, 9.17) is 16.3 Å². The molecule has 1 aliphatic heterocycles. The van der Waals surface area contributed by atoms with Gasteiger partial charge in [0.25, 0.3) is 0 Å². The molecule has 1 unspecified atom stereocenters. The van der Waals surface area contributed by atoms with Gasteiger partial charge in [-0.1, -0.05) is 17.7 Å². The molecular weight excluding hydrogens is 179 g/mol. The van der Waals surface area contributed by atoms with E-state index in [-0.39, 0.29) is 11.4 Å². The van der Waals surface area contributed by atoms with Crippen LogP contribution in [0.25, 0.3) is 0 Å². The molecule has 64 valence electrons. The summed E-state index contributed by atoms with van der Waals surface area (Å²) in [6.07, 6.45) is 0. The maximum Gasteiger partial charge on any atom is 0.124 e. The summed E-state index contributed by atoms with van der Waals surface area (Å²) >= 11 is 5.83. The van der Waals surface area contributed by atoms with Gasteiger partial charge in [0.1, 0.15) is 11.4 Å². The van der Waals surface area contributed by atoms with Crippen LogP contribution in [0.4, 0.5) is 4.39 Å². The Morgan fingerprint density at radius 3 is 2.75 bits per heavy atom. The van der Waals surface area contributed by atoms with E-state index in [1.165, 1.54) is 12.1 Å². The van der Waals surface area contributed by atoms with E-state index < -0.39 is 0 Å². The molecule has 0 radical (unpaired) electrons. The molecule has 1 atom stereocenters. The molecule has 0 N–H and O–H groups in total. The van der Waals surface area contributed by atoms with Gasteiger partial charge in [-0.25, -0.2) is 4.39 Å². The van der Waals surface area contributed by atoms with Crippen LogP contribution in [0.3, 0.4) is 0 Å². The number of halogens is 2. The third-order valence-electron chi connectivity index (χ3n) is 2.08. The molecule has 1 nitrogen and oxygen atoms in total. The Kier molecular flexibility index (Phi) is 1.63. The van der Waals surface area contributed by atoms with Crippen molar-refractivity contribution in [2.75, 3.05) is 6.61 Å². The van der Waals surface area contributed by atoms with Crippen molar-refractivity contribution in [1.82, 2.24) is 0 Å². The van der Waals surface area contributed by atoms with E-state index in [9.17, 15) is 4.39 Å². The Hall–Kier alpha value is -0.600. The summed E-state index contributed by atoms with van der Waals surface area (Å²) in [6.45, 7) is 2.60. The van der Waals surface area contributed by atoms with Crippen molar-refractivity contribution >= 4 is 11.6 Å². The van der Waals surface area contributed by atoms with Crippen LogP contribution >= 0.6 is 11.6 Å². The minimum Gasteiger partial charge on any atom is -0.365 e. The molecule has 1 heterocycles. The topological polar surface area (TPSA) is 12.5 Å². The summed E-state index contributed by atoms with van der Waals surface area (Å²) in [5.41, 5.74) is 0.593. The highest BCUT2D eigenvalue weighted by Gasteiger charge is 2.42. The third kappa shape index (κ3) is 1.21. The predicted molar refractivity (Wildman–Crippen MR) is 44.7 cm³/mol. The first-order chi connectivity index (χ1) is 5.62. The molecule has 1 aromatic rings. The molecular formula is C9H8ClFO. The molecule has 0 spiro atoms. The van der Waals surface area contributed by atoms with E-state index >= 15 is 0 Å². The minimum absolute atomic E-state index is 0.273. The molecule has 2 rings (SSSR count). The average molecular weight is 187 g/mol. The number of rotatable bonds is 1. The molecule has 1 fully saturated rings. The minimum atomic E-state index is -0.312. The Balaban J connectivity index is 2.45. The second-order valence-corrected chi connectivity index (χ2v) is 3.55. The Morgan fingerprint density at radius 1 is 1.58 bits per heavy atom. The lowest BCUT2D eigenvalue weighted by molar-refractivity contribution is 0.329. The van der Waals surface area contributed by atoms with Crippen LogP contribution in [-0.2, 0) is 10.3 Å². The first kappa shape index (κ1) is 8.02. The summed E-state index contributed by atoms with van der Waals surface area (Å²) in [7, 11) is 0. The van der Waals surface area contributed by atoms with E-state index in [1.54, 1.807) is 6.07 Å². The molecule has 1 saturated heterocycles. The fourth-order valence-electron chi connectivity index (χ4n) is 1.18. The highest BCUT2D eigenvalue weighted by atomic mass is 35.5. The van der Waals surface area contributed by atoms with Gasteiger partial charge in [0.15, 0.2) is 0 Å². The smallest absolute Gasteiger partial charge is 0.124 e. The summed E-state index contributed by atoms with van der Waals surface area (Å²) in [6, 6.07) is 4.38. The standard InChI is InChI=1S/C9H8ClFO/c1-9(5-12-9)7-3-2-6(11)4-8(7)10/h2-4H,5H2,1H3. The van der Waals surface area contributed by atoms with Gasteiger partial charge < -0.3 is 4.74 Å².